The second-order valence-electron chi connectivity index (χ2n) is 8.14. The molecule has 0 N–H and O–H groups in total. The number of nitrogens with zero attached hydrogens (tertiary/aromatic N) is 4. The number of halogens is 1. The van der Waals surface area contributed by atoms with Gasteiger partial charge in [0.1, 0.15) is 10.6 Å². The summed E-state index contributed by atoms with van der Waals surface area (Å²) in [7, 11) is -3.79. The predicted molar refractivity (Wildman–Crippen MR) is 118 cm³/mol. The molecule has 1 aliphatic rings. The third-order valence-corrected chi connectivity index (χ3v) is 8.35. The second kappa shape index (κ2) is 8.33. The molecule has 3 heterocycles. The summed E-state index contributed by atoms with van der Waals surface area (Å²) in [5.74, 6) is -0.248. The maximum Gasteiger partial charge on any atom is 0.264 e. The molecular weight excluding hydrogens is 439 g/mol. The van der Waals surface area contributed by atoms with Crippen LogP contribution >= 0.6 is 11.3 Å². The van der Waals surface area contributed by atoms with E-state index in [1.165, 1.54) is 33.8 Å². The smallest absolute Gasteiger partial charge is 0.264 e. The van der Waals surface area contributed by atoms with Crippen molar-refractivity contribution in [1.82, 2.24) is 19.0 Å². The van der Waals surface area contributed by atoms with Crippen LogP contribution in [0.4, 0.5) is 4.39 Å². The zero-order valence-electron chi connectivity index (χ0n) is 17.7. The summed E-state index contributed by atoms with van der Waals surface area (Å²) in [6, 6.07) is 6.88. The summed E-state index contributed by atoms with van der Waals surface area (Å²) in [5.41, 5.74) is 0.900. The number of sulfonamides is 1. The van der Waals surface area contributed by atoms with Crippen molar-refractivity contribution in [2.45, 2.75) is 32.2 Å². The zero-order chi connectivity index (χ0) is 22.3. The molecule has 10 heteroatoms. The monoisotopic (exact) mass is 464 g/mol. The maximum absolute atomic E-state index is 13.5. The zero-order valence-corrected chi connectivity index (χ0v) is 19.3. The van der Waals surface area contributed by atoms with E-state index in [1.807, 2.05) is 17.7 Å². The van der Waals surface area contributed by atoms with Gasteiger partial charge in [0.05, 0.1) is 15.5 Å². The molecule has 2 aromatic heterocycles. The number of thiophene rings is 1. The molecule has 0 bridgehead atoms. The second-order valence-corrected chi connectivity index (χ2v) is 11.1. The van der Waals surface area contributed by atoms with Gasteiger partial charge in [0.15, 0.2) is 0 Å². The van der Waals surface area contributed by atoms with E-state index in [0.717, 1.165) is 28.5 Å². The number of carbonyl (C=O) groups is 1. The minimum Gasteiger partial charge on any atom is -0.335 e. The molecule has 0 atom stereocenters. The molecule has 4 rings (SSSR count). The van der Waals surface area contributed by atoms with Gasteiger partial charge in [0, 0.05) is 38.1 Å². The first-order valence-electron chi connectivity index (χ1n) is 10.2. The molecule has 31 heavy (non-hydrogen) atoms. The summed E-state index contributed by atoms with van der Waals surface area (Å²) in [6.45, 7) is 7.91. The predicted octanol–water partition coefficient (Wildman–Crippen LogP) is 3.35. The van der Waals surface area contributed by atoms with Crippen LogP contribution in [0.3, 0.4) is 0 Å². The standard InChI is InChI=1S/C21H25FN4O3S2/c1-14(2)13-26-21-18(15(3)23-26)12-19(30-21)20(27)24-7-9-25(10-8-24)31(28,29)17-6-4-5-16(22)11-17/h4-6,11-12,14H,7-10,13H2,1-3H3. The third kappa shape index (κ3) is 4.24. The molecule has 1 saturated heterocycles. The van der Waals surface area contributed by atoms with Crippen molar-refractivity contribution in [2.24, 2.45) is 5.92 Å². The molecule has 0 saturated carbocycles. The number of carbonyl (C=O) groups excluding carboxylic acids is 1. The molecule has 0 spiro atoms. The van der Waals surface area contributed by atoms with Gasteiger partial charge < -0.3 is 4.90 Å². The summed E-state index contributed by atoms with van der Waals surface area (Å²) in [4.78, 5) is 16.3. The van der Waals surface area contributed by atoms with Crippen LogP contribution in [0.25, 0.3) is 10.2 Å². The van der Waals surface area contributed by atoms with Crippen LogP contribution in [-0.2, 0) is 16.6 Å². The van der Waals surface area contributed by atoms with Crippen LogP contribution in [0.5, 0.6) is 0 Å². The van der Waals surface area contributed by atoms with Gasteiger partial charge in [-0.1, -0.05) is 19.9 Å². The number of rotatable bonds is 5. The summed E-state index contributed by atoms with van der Waals surface area (Å²) >= 11 is 1.43. The Morgan fingerprint density at radius 1 is 1.19 bits per heavy atom. The summed E-state index contributed by atoms with van der Waals surface area (Å²) < 4.78 is 42.3. The highest BCUT2D eigenvalue weighted by atomic mass is 32.2. The first-order valence-corrected chi connectivity index (χ1v) is 12.4. The van der Waals surface area contributed by atoms with Crippen LogP contribution < -0.4 is 0 Å². The minimum atomic E-state index is -3.79. The Balaban J connectivity index is 1.48. The first kappa shape index (κ1) is 21.9. The van der Waals surface area contributed by atoms with E-state index in [-0.39, 0.29) is 23.9 Å². The van der Waals surface area contributed by atoms with Crippen LogP contribution in [0.15, 0.2) is 35.2 Å². The Hall–Kier alpha value is -2.30. The first-order chi connectivity index (χ1) is 14.7. The van der Waals surface area contributed by atoms with Crippen molar-refractivity contribution >= 4 is 37.5 Å². The lowest BCUT2D eigenvalue weighted by Gasteiger charge is -2.33. The van der Waals surface area contributed by atoms with Crippen molar-refractivity contribution in [3.05, 3.63) is 46.7 Å². The fraction of sp³-hybridized carbons (Fsp3) is 0.429. The van der Waals surface area contributed by atoms with E-state index < -0.39 is 15.8 Å². The number of fused-ring (bicyclic) bond motifs is 1. The van der Waals surface area contributed by atoms with E-state index in [9.17, 15) is 17.6 Å². The molecule has 0 aliphatic carbocycles. The van der Waals surface area contributed by atoms with Crippen molar-refractivity contribution in [3.63, 3.8) is 0 Å². The van der Waals surface area contributed by atoms with E-state index in [2.05, 4.69) is 18.9 Å². The molecule has 0 radical (unpaired) electrons. The summed E-state index contributed by atoms with van der Waals surface area (Å²) in [6.07, 6.45) is 0. The average molecular weight is 465 g/mol. The van der Waals surface area contributed by atoms with E-state index in [4.69, 9.17) is 0 Å². The molecule has 0 unspecified atom stereocenters. The Labute approximate surface area is 185 Å². The quantitative estimate of drug-likeness (QED) is 0.580. The number of aromatic nitrogens is 2. The minimum absolute atomic E-state index is 0.0676. The molecular formula is C21H25FN4O3S2. The Morgan fingerprint density at radius 2 is 1.90 bits per heavy atom. The molecule has 1 fully saturated rings. The van der Waals surface area contributed by atoms with E-state index >= 15 is 0 Å². The fourth-order valence-electron chi connectivity index (χ4n) is 3.75. The van der Waals surface area contributed by atoms with Gasteiger partial charge in [-0.05, 0) is 37.1 Å². The topological polar surface area (TPSA) is 75.5 Å². The lowest BCUT2D eigenvalue weighted by atomic mass is 10.2. The molecule has 1 amide bonds. The van der Waals surface area contributed by atoms with Crippen molar-refractivity contribution in [2.75, 3.05) is 26.2 Å². The lowest BCUT2D eigenvalue weighted by molar-refractivity contribution is 0.0703. The Bertz CT molecular complexity index is 1220. The van der Waals surface area contributed by atoms with Crippen LogP contribution in [0, 0.1) is 18.7 Å². The number of hydrogen-bond donors (Lipinski definition) is 0. The van der Waals surface area contributed by atoms with Gasteiger partial charge in [-0.2, -0.15) is 9.40 Å². The molecule has 166 valence electrons. The highest BCUT2D eigenvalue weighted by molar-refractivity contribution is 7.89. The highest BCUT2D eigenvalue weighted by Crippen LogP contribution is 2.30. The van der Waals surface area contributed by atoms with Crippen molar-refractivity contribution < 1.29 is 17.6 Å². The van der Waals surface area contributed by atoms with Gasteiger partial charge in [0.2, 0.25) is 10.0 Å². The van der Waals surface area contributed by atoms with E-state index in [1.54, 1.807) is 4.90 Å². The van der Waals surface area contributed by atoms with E-state index in [0.29, 0.717) is 23.9 Å². The van der Waals surface area contributed by atoms with Crippen LogP contribution in [-0.4, -0.2) is 59.5 Å². The van der Waals surface area contributed by atoms with Crippen molar-refractivity contribution in [3.8, 4) is 0 Å². The number of amides is 1. The number of benzene rings is 1. The lowest BCUT2D eigenvalue weighted by Crippen LogP contribution is -2.50. The van der Waals surface area contributed by atoms with Gasteiger partial charge in [-0.15, -0.1) is 11.3 Å². The van der Waals surface area contributed by atoms with Crippen LogP contribution in [0.2, 0.25) is 0 Å². The largest absolute Gasteiger partial charge is 0.335 e. The fourth-order valence-corrected chi connectivity index (χ4v) is 6.34. The molecule has 1 aromatic carbocycles. The molecule has 1 aliphatic heterocycles. The maximum atomic E-state index is 13.5. The molecule has 7 nitrogen and oxygen atoms in total. The number of piperazine rings is 1. The van der Waals surface area contributed by atoms with Gasteiger partial charge in [-0.3, -0.25) is 9.48 Å². The number of aryl methyl sites for hydroxylation is 1. The van der Waals surface area contributed by atoms with Crippen molar-refractivity contribution in [1.29, 1.82) is 0 Å². The average Bonchev–Trinajstić information content (AvgIpc) is 3.28. The van der Waals surface area contributed by atoms with Gasteiger partial charge in [0.25, 0.3) is 5.91 Å². The summed E-state index contributed by atoms with van der Waals surface area (Å²) in [5, 5.41) is 5.56. The van der Waals surface area contributed by atoms with Gasteiger partial charge in [-0.25, -0.2) is 12.8 Å². The third-order valence-electron chi connectivity index (χ3n) is 5.32. The SMILES string of the molecule is Cc1nn(CC(C)C)c2sc(C(=O)N3CCN(S(=O)(=O)c4cccc(F)c4)CC3)cc12. The normalized spacial score (nSPS) is 15.8. The van der Waals surface area contributed by atoms with Crippen LogP contribution in [0.1, 0.15) is 29.2 Å². The Kier molecular flexibility index (Phi) is 5.89. The number of hydrogen-bond acceptors (Lipinski definition) is 5. The van der Waals surface area contributed by atoms with Gasteiger partial charge >= 0.3 is 0 Å². The Morgan fingerprint density at radius 3 is 2.55 bits per heavy atom. The highest BCUT2D eigenvalue weighted by Gasteiger charge is 2.31. The molecule has 3 aromatic rings.